The maximum absolute atomic E-state index is 12.8. The number of hydrogen-bond acceptors (Lipinski definition) is 3. The fraction of sp³-hybridized carbons (Fsp3) is 0.938. The maximum Gasteiger partial charge on any atom is 0.241 e. The molecule has 4 heteroatoms. The van der Waals surface area contributed by atoms with Gasteiger partial charge >= 0.3 is 0 Å². The molecule has 4 unspecified atom stereocenters. The second kappa shape index (κ2) is 7.17. The maximum atomic E-state index is 12.8. The van der Waals surface area contributed by atoms with Gasteiger partial charge < -0.3 is 4.90 Å². The third-order valence-corrected chi connectivity index (χ3v) is 5.85. The van der Waals surface area contributed by atoms with Crippen LogP contribution in [0.2, 0.25) is 0 Å². The van der Waals surface area contributed by atoms with E-state index in [0.717, 1.165) is 18.1 Å². The summed E-state index contributed by atoms with van der Waals surface area (Å²) in [4.78, 5) is 15.0. The van der Waals surface area contributed by atoms with Gasteiger partial charge in [-0.25, -0.2) is 0 Å². The summed E-state index contributed by atoms with van der Waals surface area (Å²) in [6.45, 7) is 6.61. The summed E-state index contributed by atoms with van der Waals surface area (Å²) < 4.78 is 0. The van der Waals surface area contributed by atoms with Crippen LogP contribution in [0.25, 0.3) is 0 Å². The Morgan fingerprint density at radius 3 is 2.75 bits per heavy atom. The van der Waals surface area contributed by atoms with E-state index in [1.54, 1.807) is 0 Å². The molecule has 4 atom stereocenters. The van der Waals surface area contributed by atoms with E-state index in [2.05, 4.69) is 37.2 Å². The SMILES string of the molecule is CCCC1NC(C(C)C)N(C2CCCC(SC)C2)C1=O. The molecule has 1 aliphatic heterocycles. The molecular weight excluding hydrogens is 268 g/mol. The predicted octanol–water partition coefficient (Wildman–Crippen LogP) is 3.24. The lowest BCUT2D eigenvalue weighted by Crippen LogP contribution is -2.49. The van der Waals surface area contributed by atoms with E-state index in [0.29, 0.717) is 17.9 Å². The van der Waals surface area contributed by atoms with Gasteiger partial charge in [-0.1, -0.05) is 33.6 Å². The van der Waals surface area contributed by atoms with E-state index in [1.165, 1.54) is 25.7 Å². The molecule has 1 saturated heterocycles. The summed E-state index contributed by atoms with van der Waals surface area (Å²) in [7, 11) is 0. The molecule has 116 valence electrons. The van der Waals surface area contributed by atoms with Gasteiger partial charge in [-0.15, -0.1) is 0 Å². The minimum atomic E-state index is 0.0575. The van der Waals surface area contributed by atoms with Crippen LogP contribution in [0.15, 0.2) is 0 Å². The highest BCUT2D eigenvalue weighted by Crippen LogP contribution is 2.34. The summed E-state index contributed by atoms with van der Waals surface area (Å²) in [6, 6.07) is 0.512. The molecule has 0 aromatic rings. The molecule has 2 fully saturated rings. The fourth-order valence-electron chi connectivity index (χ4n) is 3.68. The smallest absolute Gasteiger partial charge is 0.241 e. The van der Waals surface area contributed by atoms with Crippen LogP contribution in [0.3, 0.4) is 0 Å². The number of hydrogen-bond donors (Lipinski definition) is 1. The first-order chi connectivity index (χ1) is 9.58. The zero-order valence-corrected chi connectivity index (χ0v) is 14.2. The average Bonchev–Trinajstić information content (AvgIpc) is 2.77. The Hall–Kier alpha value is -0.220. The number of thioether (sulfide) groups is 1. The quantitative estimate of drug-likeness (QED) is 0.845. The molecule has 1 aliphatic carbocycles. The molecule has 3 nitrogen and oxygen atoms in total. The molecule has 2 rings (SSSR count). The molecule has 20 heavy (non-hydrogen) atoms. The van der Waals surface area contributed by atoms with Gasteiger partial charge in [0.1, 0.15) is 0 Å². The summed E-state index contributed by atoms with van der Waals surface area (Å²) >= 11 is 1.97. The standard InChI is InChI=1S/C16H30N2OS/c1-5-7-14-16(19)18(15(17-14)11(2)3)12-8-6-9-13(10-12)20-4/h11-15,17H,5-10H2,1-4H3. The third-order valence-electron chi connectivity index (χ3n) is 4.76. The van der Waals surface area contributed by atoms with E-state index in [-0.39, 0.29) is 12.2 Å². The van der Waals surface area contributed by atoms with Gasteiger partial charge in [-0.3, -0.25) is 10.1 Å². The van der Waals surface area contributed by atoms with E-state index < -0.39 is 0 Å². The lowest BCUT2D eigenvalue weighted by Gasteiger charge is -2.39. The van der Waals surface area contributed by atoms with Crippen molar-refractivity contribution in [2.24, 2.45) is 5.92 Å². The molecule has 0 radical (unpaired) electrons. The van der Waals surface area contributed by atoms with Crippen molar-refractivity contribution in [3.8, 4) is 0 Å². The topological polar surface area (TPSA) is 32.3 Å². The van der Waals surface area contributed by atoms with Crippen molar-refractivity contribution < 1.29 is 4.79 Å². The first-order valence-corrected chi connectivity index (χ1v) is 9.48. The Bertz CT molecular complexity index is 334. The van der Waals surface area contributed by atoms with Gasteiger partial charge in [0, 0.05) is 11.3 Å². The van der Waals surface area contributed by atoms with Gasteiger partial charge in [0.15, 0.2) is 0 Å². The number of nitrogens with one attached hydrogen (secondary N) is 1. The van der Waals surface area contributed by atoms with Crippen molar-refractivity contribution in [1.82, 2.24) is 10.2 Å². The van der Waals surface area contributed by atoms with Gasteiger partial charge in [0.05, 0.1) is 12.2 Å². The van der Waals surface area contributed by atoms with Gasteiger partial charge in [-0.05, 0) is 37.9 Å². The molecule has 1 amide bonds. The van der Waals surface area contributed by atoms with Crippen LogP contribution < -0.4 is 5.32 Å². The normalized spacial score (nSPS) is 35.0. The van der Waals surface area contributed by atoms with Crippen molar-refractivity contribution in [3.05, 3.63) is 0 Å². The van der Waals surface area contributed by atoms with Crippen molar-refractivity contribution in [3.63, 3.8) is 0 Å². The largest absolute Gasteiger partial charge is 0.323 e. The van der Waals surface area contributed by atoms with Crippen molar-refractivity contribution in [2.45, 2.75) is 82.8 Å². The monoisotopic (exact) mass is 298 g/mol. The molecule has 2 aliphatic rings. The van der Waals surface area contributed by atoms with Crippen LogP contribution in [0.5, 0.6) is 0 Å². The van der Waals surface area contributed by atoms with Crippen molar-refractivity contribution >= 4 is 17.7 Å². The number of carbonyl (C=O) groups excluding carboxylic acids is 1. The Morgan fingerprint density at radius 1 is 1.40 bits per heavy atom. The lowest BCUT2D eigenvalue weighted by molar-refractivity contribution is -0.133. The first kappa shape index (κ1) is 16.2. The first-order valence-electron chi connectivity index (χ1n) is 8.19. The van der Waals surface area contributed by atoms with Crippen molar-refractivity contribution in [2.75, 3.05) is 6.26 Å². The Labute approximate surface area is 128 Å². The van der Waals surface area contributed by atoms with E-state index in [1.807, 2.05) is 11.8 Å². The molecule has 1 N–H and O–H groups in total. The molecular formula is C16H30N2OS. The highest BCUT2D eigenvalue weighted by Gasteiger charge is 2.44. The van der Waals surface area contributed by atoms with E-state index >= 15 is 0 Å². The van der Waals surface area contributed by atoms with Crippen LogP contribution in [-0.4, -0.2) is 40.6 Å². The van der Waals surface area contributed by atoms with Gasteiger partial charge in [0.2, 0.25) is 5.91 Å². The highest BCUT2D eigenvalue weighted by atomic mass is 32.2. The average molecular weight is 298 g/mol. The second-order valence-corrected chi connectivity index (χ2v) is 7.76. The summed E-state index contributed by atoms with van der Waals surface area (Å²) in [5, 5.41) is 4.33. The second-order valence-electron chi connectivity index (χ2n) is 6.62. The predicted molar refractivity (Wildman–Crippen MR) is 86.9 cm³/mol. The third kappa shape index (κ3) is 3.33. The molecule has 0 aromatic heterocycles. The Balaban J connectivity index is 2.11. The molecule has 1 saturated carbocycles. The van der Waals surface area contributed by atoms with Crippen LogP contribution >= 0.6 is 11.8 Å². The van der Waals surface area contributed by atoms with Crippen LogP contribution in [0.4, 0.5) is 0 Å². The van der Waals surface area contributed by atoms with Gasteiger partial charge in [-0.2, -0.15) is 11.8 Å². The minimum Gasteiger partial charge on any atom is -0.323 e. The zero-order chi connectivity index (χ0) is 14.7. The minimum absolute atomic E-state index is 0.0575. The summed E-state index contributed by atoms with van der Waals surface area (Å²) in [5.74, 6) is 0.841. The molecule has 1 heterocycles. The number of rotatable bonds is 5. The van der Waals surface area contributed by atoms with Crippen LogP contribution in [0, 0.1) is 5.92 Å². The van der Waals surface area contributed by atoms with Crippen LogP contribution in [0.1, 0.15) is 59.3 Å². The Kier molecular flexibility index (Phi) is 5.79. The highest BCUT2D eigenvalue weighted by molar-refractivity contribution is 7.99. The summed E-state index contributed by atoms with van der Waals surface area (Å²) in [6.07, 6.45) is 9.43. The molecule has 0 aromatic carbocycles. The number of amides is 1. The molecule has 0 bridgehead atoms. The van der Waals surface area contributed by atoms with Crippen LogP contribution in [-0.2, 0) is 4.79 Å². The number of nitrogens with zero attached hydrogens (tertiary/aromatic N) is 1. The molecule has 0 spiro atoms. The zero-order valence-electron chi connectivity index (χ0n) is 13.4. The fourth-order valence-corrected chi connectivity index (χ4v) is 4.49. The van der Waals surface area contributed by atoms with E-state index in [9.17, 15) is 4.79 Å². The van der Waals surface area contributed by atoms with Crippen molar-refractivity contribution in [1.29, 1.82) is 0 Å². The lowest BCUT2D eigenvalue weighted by atomic mass is 9.92. The van der Waals surface area contributed by atoms with E-state index in [4.69, 9.17) is 0 Å². The Morgan fingerprint density at radius 2 is 2.15 bits per heavy atom. The number of carbonyl (C=O) groups is 1. The van der Waals surface area contributed by atoms with Gasteiger partial charge in [0.25, 0.3) is 0 Å². The summed E-state index contributed by atoms with van der Waals surface area (Å²) in [5.41, 5.74) is 0.